The van der Waals surface area contributed by atoms with Crippen molar-refractivity contribution in [2.75, 3.05) is 14.2 Å². The Morgan fingerprint density at radius 3 is 2.10 bits per heavy atom. The highest BCUT2D eigenvalue weighted by atomic mass is 16.5. The first-order valence-electron chi connectivity index (χ1n) is 5.77. The maximum absolute atomic E-state index is 12.1. The van der Waals surface area contributed by atoms with Crippen LogP contribution < -0.4 is 11.2 Å². The van der Waals surface area contributed by atoms with Crippen LogP contribution in [-0.4, -0.2) is 35.3 Å². The van der Waals surface area contributed by atoms with Crippen molar-refractivity contribution in [1.82, 2.24) is 9.13 Å². The first-order chi connectivity index (χ1) is 9.90. The monoisotopic (exact) mass is 294 g/mol. The molecule has 1 aromatic heterocycles. The van der Waals surface area contributed by atoms with Gasteiger partial charge in [-0.1, -0.05) is 0 Å². The van der Waals surface area contributed by atoms with Crippen LogP contribution in [-0.2, 0) is 19.1 Å². The number of hydrogen-bond donors (Lipinski definition) is 0. The molecule has 0 atom stereocenters. The molecule has 0 aliphatic rings. The molecule has 0 amide bonds. The normalized spacial score (nSPS) is 11.0. The van der Waals surface area contributed by atoms with Crippen LogP contribution in [0.4, 0.5) is 0 Å². The summed E-state index contributed by atoms with van der Waals surface area (Å²) in [5, 5.41) is 0. The fourth-order valence-corrected chi connectivity index (χ4v) is 1.37. The highest BCUT2D eigenvalue weighted by Crippen LogP contribution is 1.90. The lowest BCUT2D eigenvalue weighted by Crippen LogP contribution is -2.36. The minimum Gasteiger partial charge on any atom is -0.466 e. The van der Waals surface area contributed by atoms with Gasteiger partial charge in [-0.25, -0.2) is 19.0 Å². The topological polar surface area (TPSA) is 96.6 Å². The Labute approximate surface area is 119 Å². The molecule has 0 N–H and O–H groups in total. The zero-order chi connectivity index (χ0) is 16.0. The number of nitrogens with zero attached hydrogens (tertiary/aromatic N) is 2. The van der Waals surface area contributed by atoms with Gasteiger partial charge in [0.25, 0.3) is 5.56 Å². The molecule has 0 saturated heterocycles. The third-order valence-electron chi connectivity index (χ3n) is 2.45. The van der Waals surface area contributed by atoms with Gasteiger partial charge in [0, 0.05) is 36.3 Å². The third kappa shape index (κ3) is 4.03. The third-order valence-corrected chi connectivity index (χ3v) is 2.45. The maximum atomic E-state index is 12.1. The van der Waals surface area contributed by atoms with E-state index in [1.54, 1.807) is 0 Å². The van der Waals surface area contributed by atoms with Crippen LogP contribution in [0.3, 0.4) is 0 Å². The van der Waals surface area contributed by atoms with Gasteiger partial charge < -0.3 is 9.47 Å². The SMILES string of the molecule is COC(=O)/C=C/n1cc(C)c(=O)n(/C=C/C(=O)OC)c1=O. The highest BCUT2D eigenvalue weighted by molar-refractivity contribution is 5.85. The second-order valence-electron chi connectivity index (χ2n) is 3.85. The molecule has 21 heavy (non-hydrogen) atoms. The summed E-state index contributed by atoms with van der Waals surface area (Å²) in [5.74, 6) is -1.36. The van der Waals surface area contributed by atoms with Crippen molar-refractivity contribution in [2.24, 2.45) is 0 Å². The van der Waals surface area contributed by atoms with Crippen molar-refractivity contribution in [3.63, 3.8) is 0 Å². The second kappa shape index (κ2) is 7.04. The van der Waals surface area contributed by atoms with Crippen LogP contribution in [0.1, 0.15) is 5.56 Å². The Hall–Kier alpha value is -2.90. The van der Waals surface area contributed by atoms with E-state index in [1.807, 2.05) is 0 Å². The van der Waals surface area contributed by atoms with Crippen LogP contribution in [0.2, 0.25) is 0 Å². The zero-order valence-electron chi connectivity index (χ0n) is 11.7. The number of methoxy groups -OCH3 is 2. The van der Waals surface area contributed by atoms with Crippen LogP contribution in [0, 0.1) is 6.92 Å². The largest absolute Gasteiger partial charge is 0.466 e. The molecule has 0 unspecified atom stereocenters. The fraction of sp³-hybridized carbons (Fsp3) is 0.231. The molecule has 0 saturated carbocycles. The first kappa shape index (κ1) is 16.2. The van der Waals surface area contributed by atoms with E-state index in [4.69, 9.17) is 0 Å². The average molecular weight is 294 g/mol. The van der Waals surface area contributed by atoms with Crippen molar-refractivity contribution in [2.45, 2.75) is 6.92 Å². The Balaban J connectivity index is 3.36. The lowest BCUT2D eigenvalue weighted by atomic mass is 10.4. The van der Waals surface area contributed by atoms with Crippen molar-refractivity contribution in [3.8, 4) is 0 Å². The zero-order valence-corrected chi connectivity index (χ0v) is 11.7. The van der Waals surface area contributed by atoms with Gasteiger partial charge in [-0.2, -0.15) is 0 Å². The van der Waals surface area contributed by atoms with Gasteiger partial charge in [0.05, 0.1) is 14.2 Å². The van der Waals surface area contributed by atoms with E-state index < -0.39 is 23.2 Å². The van der Waals surface area contributed by atoms with E-state index in [0.29, 0.717) is 0 Å². The standard InChI is InChI=1S/C13H14N2O6/c1-9-8-14(6-4-10(16)20-2)13(19)15(12(9)18)7-5-11(17)21-3/h4-8H,1-3H3/b6-4+,7-5+. The summed E-state index contributed by atoms with van der Waals surface area (Å²) in [7, 11) is 2.36. The smallest absolute Gasteiger partial charge is 0.339 e. The van der Waals surface area contributed by atoms with E-state index in [1.165, 1.54) is 27.3 Å². The van der Waals surface area contributed by atoms with Crippen molar-refractivity contribution >= 4 is 24.3 Å². The summed E-state index contributed by atoms with van der Waals surface area (Å²) in [6, 6.07) is 0. The van der Waals surface area contributed by atoms with E-state index >= 15 is 0 Å². The molecule has 0 aliphatic carbocycles. The number of hydrogen-bond acceptors (Lipinski definition) is 6. The number of carbonyl (C=O) groups excluding carboxylic acids is 2. The molecule has 1 aromatic rings. The number of aromatic nitrogens is 2. The number of ether oxygens (including phenoxy) is 2. The summed E-state index contributed by atoms with van der Waals surface area (Å²) in [6.45, 7) is 1.49. The predicted molar refractivity (Wildman–Crippen MR) is 74.4 cm³/mol. The van der Waals surface area contributed by atoms with Crippen LogP contribution in [0.15, 0.2) is 27.9 Å². The van der Waals surface area contributed by atoms with E-state index in [9.17, 15) is 19.2 Å². The first-order valence-corrected chi connectivity index (χ1v) is 5.77. The summed E-state index contributed by atoms with van der Waals surface area (Å²) in [4.78, 5) is 46.0. The Bertz CT molecular complexity index is 723. The fourth-order valence-electron chi connectivity index (χ4n) is 1.37. The molecule has 1 heterocycles. The molecule has 0 aromatic carbocycles. The number of carbonyl (C=O) groups is 2. The van der Waals surface area contributed by atoms with Gasteiger partial charge in [-0.3, -0.25) is 9.36 Å². The minimum atomic E-state index is -0.745. The Morgan fingerprint density at radius 2 is 1.57 bits per heavy atom. The van der Waals surface area contributed by atoms with Crippen LogP contribution in [0.25, 0.3) is 12.4 Å². The quantitative estimate of drug-likeness (QED) is 0.554. The van der Waals surface area contributed by atoms with Crippen LogP contribution >= 0.6 is 0 Å². The molecule has 0 bridgehead atoms. The Kier molecular flexibility index (Phi) is 5.41. The molecule has 1 rings (SSSR count). The molecule has 0 fully saturated rings. The molecule has 0 radical (unpaired) electrons. The summed E-state index contributed by atoms with van der Waals surface area (Å²) < 4.78 is 10.5. The van der Waals surface area contributed by atoms with E-state index in [-0.39, 0.29) is 5.56 Å². The second-order valence-corrected chi connectivity index (χ2v) is 3.85. The van der Waals surface area contributed by atoms with Crippen molar-refractivity contribution in [3.05, 3.63) is 44.8 Å². The average Bonchev–Trinajstić information content (AvgIpc) is 2.48. The highest BCUT2D eigenvalue weighted by Gasteiger charge is 2.06. The lowest BCUT2D eigenvalue weighted by molar-refractivity contribution is -0.135. The number of esters is 2. The summed E-state index contributed by atoms with van der Waals surface area (Å²) in [5.41, 5.74) is -1.08. The van der Waals surface area contributed by atoms with Gasteiger partial charge in [-0.05, 0) is 6.92 Å². The molecule has 8 heteroatoms. The molecular formula is C13H14N2O6. The summed E-state index contributed by atoms with van der Waals surface area (Å²) in [6.07, 6.45) is 5.40. The molecule has 112 valence electrons. The van der Waals surface area contributed by atoms with Gasteiger partial charge >= 0.3 is 17.6 Å². The van der Waals surface area contributed by atoms with Crippen molar-refractivity contribution in [1.29, 1.82) is 0 Å². The van der Waals surface area contributed by atoms with E-state index in [0.717, 1.165) is 33.7 Å². The van der Waals surface area contributed by atoms with Crippen molar-refractivity contribution < 1.29 is 19.1 Å². The minimum absolute atomic E-state index is 0.249. The van der Waals surface area contributed by atoms with E-state index in [2.05, 4.69) is 9.47 Å². The lowest BCUT2D eigenvalue weighted by Gasteiger charge is -2.04. The Morgan fingerprint density at radius 1 is 1.05 bits per heavy atom. The van der Waals surface area contributed by atoms with Gasteiger partial charge in [0.2, 0.25) is 0 Å². The molecule has 0 aliphatic heterocycles. The molecule has 0 spiro atoms. The van der Waals surface area contributed by atoms with Gasteiger partial charge in [-0.15, -0.1) is 0 Å². The maximum Gasteiger partial charge on any atom is 0.339 e. The predicted octanol–water partition coefficient (Wildman–Crippen LogP) is -0.394. The molecule has 8 nitrogen and oxygen atoms in total. The number of rotatable bonds is 4. The van der Waals surface area contributed by atoms with Gasteiger partial charge in [0.1, 0.15) is 0 Å². The summed E-state index contributed by atoms with van der Waals surface area (Å²) >= 11 is 0. The number of aryl methyl sites for hydroxylation is 1. The van der Waals surface area contributed by atoms with Crippen LogP contribution in [0.5, 0.6) is 0 Å². The molecular weight excluding hydrogens is 280 g/mol. The van der Waals surface area contributed by atoms with Gasteiger partial charge in [0.15, 0.2) is 0 Å².